The molecule has 0 bridgehead atoms. The van der Waals surface area contributed by atoms with Crippen molar-refractivity contribution >= 4 is 28.3 Å². The molecule has 6 nitrogen and oxygen atoms in total. The van der Waals surface area contributed by atoms with E-state index in [4.69, 9.17) is 0 Å². The van der Waals surface area contributed by atoms with Crippen molar-refractivity contribution in [1.29, 1.82) is 0 Å². The Morgan fingerprint density at radius 2 is 1.92 bits per heavy atom. The van der Waals surface area contributed by atoms with Crippen LogP contribution in [0.3, 0.4) is 0 Å². The number of hydrogen-bond acceptors (Lipinski definition) is 4. The minimum absolute atomic E-state index is 0.0745. The van der Waals surface area contributed by atoms with Gasteiger partial charge >= 0.3 is 0 Å². The first kappa shape index (κ1) is 15.0. The van der Waals surface area contributed by atoms with Gasteiger partial charge in [-0.1, -0.05) is 30.3 Å². The molecule has 4 aromatic rings. The maximum absolute atomic E-state index is 13.0. The van der Waals surface area contributed by atoms with E-state index in [1.807, 2.05) is 42.5 Å². The van der Waals surface area contributed by atoms with Crippen LogP contribution in [0.1, 0.15) is 5.56 Å². The van der Waals surface area contributed by atoms with Gasteiger partial charge in [-0.3, -0.25) is 19.8 Å². The first-order valence-electron chi connectivity index (χ1n) is 7.87. The second-order valence-corrected chi connectivity index (χ2v) is 5.60. The number of nitrogens with zero attached hydrogens (tertiary/aromatic N) is 4. The molecule has 3 heterocycles. The van der Waals surface area contributed by atoms with Crippen molar-refractivity contribution in [1.82, 2.24) is 20.2 Å². The molecule has 1 aromatic carbocycles. The lowest BCUT2D eigenvalue weighted by Gasteiger charge is -2.21. The maximum atomic E-state index is 13.0. The fourth-order valence-electron chi connectivity index (χ4n) is 2.69. The smallest absolute Gasteiger partial charge is 0.237 e. The minimum Gasteiger partial charge on any atom is -0.276 e. The van der Waals surface area contributed by atoms with E-state index in [1.54, 1.807) is 35.8 Å². The van der Waals surface area contributed by atoms with E-state index < -0.39 is 0 Å². The number of anilines is 2. The predicted octanol–water partition coefficient (Wildman–Crippen LogP) is 3.26. The summed E-state index contributed by atoms with van der Waals surface area (Å²) in [6, 6.07) is 15.1. The number of nitrogens with one attached hydrogen (secondary N) is 1. The van der Waals surface area contributed by atoms with Crippen LogP contribution in [0.15, 0.2) is 73.3 Å². The Balaban J connectivity index is 1.74. The van der Waals surface area contributed by atoms with E-state index in [1.165, 1.54) is 0 Å². The number of amides is 1. The van der Waals surface area contributed by atoms with Gasteiger partial charge in [0.05, 0.1) is 36.2 Å². The van der Waals surface area contributed by atoms with Gasteiger partial charge in [-0.25, -0.2) is 4.98 Å². The molecule has 0 radical (unpaired) electrons. The summed E-state index contributed by atoms with van der Waals surface area (Å²) in [4.78, 5) is 23.2. The molecular formula is C19H15N5O. The summed E-state index contributed by atoms with van der Waals surface area (Å²) in [6.07, 6.45) is 7.00. The van der Waals surface area contributed by atoms with Crippen LogP contribution in [0, 0.1) is 0 Å². The highest BCUT2D eigenvalue weighted by molar-refractivity contribution is 6.01. The Bertz CT molecular complexity index is 998. The van der Waals surface area contributed by atoms with E-state index in [-0.39, 0.29) is 12.3 Å². The number of hydrogen-bond donors (Lipinski definition) is 1. The van der Waals surface area contributed by atoms with Crippen LogP contribution in [0.2, 0.25) is 0 Å². The van der Waals surface area contributed by atoms with Crippen molar-refractivity contribution < 1.29 is 4.79 Å². The quantitative estimate of drug-likeness (QED) is 0.623. The number of carbonyl (C=O) groups excluding carboxylic acids is 1. The molecule has 6 heteroatoms. The molecule has 0 atom stereocenters. The SMILES string of the molecule is O=C(Cc1ccccc1)N(c1cccnc1)c1cc2cn[nH]c2cn1. The molecule has 3 aromatic heterocycles. The monoisotopic (exact) mass is 329 g/mol. The summed E-state index contributed by atoms with van der Waals surface area (Å²) < 4.78 is 0. The van der Waals surface area contributed by atoms with E-state index in [2.05, 4.69) is 20.2 Å². The Labute approximate surface area is 144 Å². The van der Waals surface area contributed by atoms with Crippen molar-refractivity contribution in [2.24, 2.45) is 0 Å². The molecule has 0 spiro atoms. The fraction of sp³-hybridized carbons (Fsp3) is 0.0526. The Kier molecular flexibility index (Phi) is 3.92. The molecule has 122 valence electrons. The van der Waals surface area contributed by atoms with Gasteiger partial charge in [0.1, 0.15) is 5.82 Å². The molecule has 0 aliphatic carbocycles. The molecule has 0 saturated carbocycles. The van der Waals surface area contributed by atoms with Crippen molar-refractivity contribution in [3.63, 3.8) is 0 Å². The Morgan fingerprint density at radius 3 is 2.72 bits per heavy atom. The van der Waals surface area contributed by atoms with Crippen LogP contribution in [0.5, 0.6) is 0 Å². The predicted molar refractivity (Wildman–Crippen MR) is 95.4 cm³/mol. The van der Waals surface area contributed by atoms with Crippen LogP contribution >= 0.6 is 0 Å². The number of fused-ring (bicyclic) bond motifs is 1. The third-order valence-electron chi connectivity index (χ3n) is 3.89. The Hall–Kier alpha value is -3.54. The van der Waals surface area contributed by atoms with E-state index >= 15 is 0 Å². The Morgan fingerprint density at radius 1 is 1.04 bits per heavy atom. The lowest BCUT2D eigenvalue weighted by Crippen LogP contribution is -2.28. The van der Waals surface area contributed by atoms with Crippen LogP contribution in [0.4, 0.5) is 11.5 Å². The van der Waals surface area contributed by atoms with Gasteiger partial charge < -0.3 is 0 Å². The van der Waals surface area contributed by atoms with Gasteiger partial charge in [0.15, 0.2) is 0 Å². The zero-order valence-electron chi connectivity index (χ0n) is 13.3. The topological polar surface area (TPSA) is 74.8 Å². The van der Waals surface area contributed by atoms with Crippen LogP contribution in [0.25, 0.3) is 10.9 Å². The molecule has 25 heavy (non-hydrogen) atoms. The van der Waals surface area contributed by atoms with Gasteiger partial charge in [-0.05, 0) is 23.8 Å². The molecule has 0 aliphatic heterocycles. The van der Waals surface area contributed by atoms with Gasteiger partial charge in [0.25, 0.3) is 0 Å². The third kappa shape index (κ3) is 3.10. The summed E-state index contributed by atoms with van der Waals surface area (Å²) in [7, 11) is 0. The average molecular weight is 329 g/mol. The molecule has 1 N–H and O–H groups in total. The number of H-pyrrole nitrogens is 1. The number of benzene rings is 1. The molecule has 4 rings (SSSR count). The molecule has 0 unspecified atom stereocenters. The normalized spacial score (nSPS) is 10.7. The summed E-state index contributed by atoms with van der Waals surface area (Å²) in [5.74, 6) is 0.470. The lowest BCUT2D eigenvalue weighted by atomic mass is 10.1. The second-order valence-electron chi connectivity index (χ2n) is 5.60. The van der Waals surface area contributed by atoms with Gasteiger partial charge in [-0.15, -0.1) is 0 Å². The van der Waals surface area contributed by atoms with Crippen LogP contribution in [-0.2, 0) is 11.2 Å². The number of pyridine rings is 2. The summed E-state index contributed by atoms with van der Waals surface area (Å²) in [6.45, 7) is 0. The highest BCUT2D eigenvalue weighted by Gasteiger charge is 2.20. The highest BCUT2D eigenvalue weighted by Crippen LogP contribution is 2.26. The van der Waals surface area contributed by atoms with Crippen molar-refractivity contribution in [3.8, 4) is 0 Å². The largest absolute Gasteiger partial charge is 0.276 e. The van der Waals surface area contributed by atoms with Crippen molar-refractivity contribution in [2.45, 2.75) is 6.42 Å². The van der Waals surface area contributed by atoms with Crippen LogP contribution < -0.4 is 4.90 Å². The van der Waals surface area contributed by atoms with E-state index in [9.17, 15) is 4.79 Å². The number of rotatable bonds is 4. The van der Waals surface area contributed by atoms with E-state index in [0.717, 1.165) is 16.5 Å². The molecule has 0 aliphatic rings. The number of carbonyl (C=O) groups is 1. The number of aromatic nitrogens is 4. The summed E-state index contributed by atoms with van der Waals surface area (Å²) in [5.41, 5.74) is 2.45. The molecule has 0 saturated heterocycles. The zero-order chi connectivity index (χ0) is 17.1. The van der Waals surface area contributed by atoms with E-state index in [0.29, 0.717) is 11.5 Å². The second kappa shape index (κ2) is 6.52. The molecule has 0 fully saturated rings. The zero-order valence-corrected chi connectivity index (χ0v) is 13.3. The maximum Gasteiger partial charge on any atom is 0.237 e. The van der Waals surface area contributed by atoms with Gasteiger partial charge in [-0.2, -0.15) is 5.10 Å². The summed E-state index contributed by atoms with van der Waals surface area (Å²) in [5, 5.41) is 7.77. The summed E-state index contributed by atoms with van der Waals surface area (Å²) >= 11 is 0. The fourth-order valence-corrected chi connectivity index (χ4v) is 2.69. The third-order valence-corrected chi connectivity index (χ3v) is 3.89. The minimum atomic E-state index is -0.0745. The van der Waals surface area contributed by atoms with Crippen LogP contribution in [-0.4, -0.2) is 26.1 Å². The molecular weight excluding hydrogens is 314 g/mol. The first-order valence-corrected chi connectivity index (χ1v) is 7.87. The number of aromatic amines is 1. The van der Waals surface area contributed by atoms with Gasteiger partial charge in [0.2, 0.25) is 5.91 Å². The average Bonchev–Trinajstić information content (AvgIpc) is 3.11. The van der Waals surface area contributed by atoms with Gasteiger partial charge in [0, 0.05) is 11.6 Å². The molecule has 1 amide bonds. The lowest BCUT2D eigenvalue weighted by molar-refractivity contribution is -0.117. The first-order chi connectivity index (χ1) is 12.3. The van der Waals surface area contributed by atoms with Crippen molar-refractivity contribution in [2.75, 3.05) is 4.90 Å². The highest BCUT2D eigenvalue weighted by atomic mass is 16.2. The standard InChI is InChI=1S/C19H15N5O/c25-19(9-14-5-2-1-3-6-14)24(16-7-4-8-20-12-16)18-10-15-11-22-23-17(15)13-21-18/h1-8,10-13H,9H2,(H,22,23). The van der Waals surface area contributed by atoms with Crippen molar-refractivity contribution in [3.05, 3.63) is 78.9 Å².